The summed E-state index contributed by atoms with van der Waals surface area (Å²) in [6.45, 7) is 6.02. The van der Waals surface area contributed by atoms with Gasteiger partial charge in [0.15, 0.2) is 0 Å². The highest BCUT2D eigenvalue weighted by molar-refractivity contribution is 5.92. The number of carbonyl (C=O) groups is 2. The van der Waals surface area contributed by atoms with Gasteiger partial charge in [-0.15, -0.1) is 0 Å². The van der Waals surface area contributed by atoms with Crippen molar-refractivity contribution >= 4 is 11.9 Å². The summed E-state index contributed by atoms with van der Waals surface area (Å²) in [6, 6.07) is 0. The van der Waals surface area contributed by atoms with E-state index in [9.17, 15) is 9.59 Å². The first-order valence-corrected chi connectivity index (χ1v) is 4.93. The minimum Gasteiger partial charge on any atom is -0.424 e. The molecule has 4 nitrogen and oxygen atoms in total. The van der Waals surface area contributed by atoms with Gasteiger partial charge in [-0.2, -0.15) is 0 Å². The monoisotopic (exact) mass is 200 g/mol. The molecule has 1 aliphatic rings. The Morgan fingerprint density at radius 2 is 1.79 bits per heavy atom. The van der Waals surface area contributed by atoms with Crippen molar-refractivity contribution in [3.8, 4) is 0 Å². The molecule has 1 aliphatic heterocycles. The zero-order chi connectivity index (χ0) is 10.7. The van der Waals surface area contributed by atoms with Gasteiger partial charge in [-0.05, 0) is 12.3 Å². The number of rotatable bonds is 3. The van der Waals surface area contributed by atoms with E-state index in [4.69, 9.17) is 9.47 Å². The molecule has 14 heavy (non-hydrogen) atoms. The Hall–Kier alpha value is -1.06. The Labute approximate surface area is 83.6 Å². The molecule has 1 unspecified atom stereocenters. The van der Waals surface area contributed by atoms with E-state index in [-0.39, 0.29) is 12.3 Å². The van der Waals surface area contributed by atoms with E-state index in [1.165, 1.54) is 0 Å². The first-order chi connectivity index (χ1) is 6.54. The van der Waals surface area contributed by atoms with Gasteiger partial charge in [0, 0.05) is 5.92 Å². The zero-order valence-corrected chi connectivity index (χ0v) is 8.78. The normalized spacial score (nSPS) is 20.6. The van der Waals surface area contributed by atoms with E-state index < -0.39 is 18.2 Å². The lowest BCUT2D eigenvalue weighted by Crippen LogP contribution is -2.39. The fraction of sp³-hybridized carbons (Fsp3) is 0.800. The zero-order valence-electron chi connectivity index (χ0n) is 8.78. The number of esters is 2. The maximum absolute atomic E-state index is 11.0. The van der Waals surface area contributed by atoms with Gasteiger partial charge in [0.25, 0.3) is 0 Å². The molecule has 0 radical (unpaired) electrons. The van der Waals surface area contributed by atoms with Crippen LogP contribution in [0.1, 0.15) is 33.6 Å². The van der Waals surface area contributed by atoms with Crippen molar-refractivity contribution in [2.24, 2.45) is 11.8 Å². The van der Waals surface area contributed by atoms with Crippen molar-refractivity contribution in [3.63, 3.8) is 0 Å². The van der Waals surface area contributed by atoms with E-state index in [1.54, 1.807) is 0 Å². The molecular formula is C10H16O4. The number of ether oxygens (including phenoxy) is 2. The number of carbonyl (C=O) groups excluding carboxylic acids is 2. The molecular weight excluding hydrogens is 184 g/mol. The van der Waals surface area contributed by atoms with E-state index in [1.807, 2.05) is 20.8 Å². The fourth-order valence-corrected chi connectivity index (χ4v) is 1.64. The SMILES string of the molecule is CCC(C(C)C)C1OC(=O)CC(=O)O1. The smallest absolute Gasteiger partial charge is 0.320 e. The van der Waals surface area contributed by atoms with Gasteiger partial charge in [0.2, 0.25) is 6.29 Å². The second-order valence-corrected chi connectivity index (χ2v) is 3.84. The molecule has 4 heteroatoms. The molecule has 0 saturated carbocycles. The van der Waals surface area contributed by atoms with Gasteiger partial charge in [-0.1, -0.05) is 20.8 Å². The summed E-state index contributed by atoms with van der Waals surface area (Å²) in [7, 11) is 0. The summed E-state index contributed by atoms with van der Waals surface area (Å²) in [5.74, 6) is -0.553. The van der Waals surface area contributed by atoms with Crippen LogP contribution in [0.3, 0.4) is 0 Å². The molecule has 0 N–H and O–H groups in total. The average Bonchev–Trinajstić information content (AvgIpc) is 2.02. The van der Waals surface area contributed by atoms with Crippen LogP contribution in [0.5, 0.6) is 0 Å². The predicted molar refractivity (Wildman–Crippen MR) is 49.2 cm³/mol. The fourth-order valence-electron chi connectivity index (χ4n) is 1.64. The number of hydrogen-bond donors (Lipinski definition) is 0. The summed E-state index contributed by atoms with van der Waals surface area (Å²) >= 11 is 0. The molecule has 0 spiro atoms. The van der Waals surface area contributed by atoms with E-state index in [0.717, 1.165) is 6.42 Å². The Balaban J connectivity index is 2.65. The first kappa shape index (κ1) is 11.0. The van der Waals surface area contributed by atoms with E-state index in [0.29, 0.717) is 5.92 Å². The van der Waals surface area contributed by atoms with Crippen LogP contribution in [0.2, 0.25) is 0 Å². The molecule has 1 fully saturated rings. The molecule has 0 aliphatic carbocycles. The van der Waals surface area contributed by atoms with Gasteiger partial charge >= 0.3 is 11.9 Å². The van der Waals surface area contributed by atoms with Crippen molar-refractivity contribution < 1.29 is 19.1 Å². The third-order valence-corrected chi connectivity index (χ3v) is 2.46. The molecule has 1 saturated heterocycles. The molecule has 0 aromatic rings. The summed E-state index contributed by atoms with van der Waals surface area (Å²) in [4.78, 5) is 22.0. The minimum atomic E-state index is -0.686. The van der Waals surface area contributed by atoms with Crippen LogP contribution >= 0.6 is 0 Å². The third kappa shape index (κ3) is 2.47. The molecule has 1 atom stereocenters. The summed E-state index contributed by atoms with van der Waals surface area (Å²) in [5, 5.41) is 0. The minimum absolute atomic E-state index is 0.0863. The quantitative estimate of drug-likeness (QED) is 0.511. The molecule has 1 heterocycles. The largest absolute Gasteiger partial charge is 0.424 e. The summed E-state index contributed by atoms with van der Waals surface area (Å²) < 4.78 is 9.98. The Morgan fingerprint density at radius 3 is 2.14 bits per heavy atom. The summed E-state index contributed by atoms with van der Waals surface area (Å²) in [5.41, 5.74) is 0. The lowest BCUT2D eigenvalue weighted by molar-refractivity contribution is -0.216. The van der Waals surface area contributed by atoms with Crippen LogP contribution < -0.4 is 0 Å². The van der Waals surface area contributed by atoms with E-state index in [2.05, 4.69) is 0 Å². The van der Waals surface area contributed by atoms with Gasteiger partial charge < -0.3 is 9.47 Å². The highest BCUT2D eigenvalue weighted by Crippen LogP contribution is 2.25. The Bertz CT molecular complexity index is 218. The second kappa shape index (κ2) is 4.44. The lowest BCUT2D eigenvalue weighted by atomic mass is 9.92. The van der Waals surface area contributed by atoms with Gasteiger partial charge in [-0.3, -0.25) is 9.59 Å². The maximum Gasteiger partial charge on any atom is 0.320 e. The molecule has 0 aromatic carbocycles. The topological polar surface area (TPSA) is 52.6 Å². The number of hydrogen-bond acceptors (Lipinski definition) is 4. The van der Waals surface area contributed by atoms with Crippen LogP contribution in [0.4, 0.5) is 0 Å². The van der Waals surface area contributed by atoms with Crippen LogP contribution in [-0.2, 0) is 19.1 Å². The van der Waals surface area contributed by atoms with Crippen LogP contribution in [0, 0.1) is 11.8 Å². The van der Waals surface area contributed by atoms with Crippen molar-refractivity contribution in [3.05, 3.63) is 0 Å². The standard InChI is InChI=1S/C10H16O4/c1-4-7(6(2)3)10-13-8(11)5-9(12)14-10/h6-7,10H,4-5H2,1-3H3. The van der Waals surface area contributed by atoms with Crippen LogP contribution in [0.15, 0.2) is 0 Å². The van der Waals surface area contributed by atoms with Crippen LogP contribution in [-0.4, -0.2) is 18.2 Å². The number of cyclic esters (lactones) is 2. The van der Waals surface area contributed by atoms with Gasteiger partial charge in [0.05, 0.1) is 0 Å². The highest BCUT2D eigenvalue weighted by Gasteiger charge is 2.34. The molecule has 80 valence electrons. The Kier molecular flexibility index (Phi) is 3.49. The second-order valence-electron chi connectivity index (χ2n) is 3.84. The molecule has 0 aromatic heterocycles. The molecule has 1 rings (SSSR count). The lowest BCUT2D eigenvalue weighted by Gasteiger charge is -2.30. The highest BCUT2D eigenvalue weighted by atomic mass is 16.7. The maximum atomic E-state index is 11.0. The van der Waals surface area contributed by atoms with Gasteiger partial charge in [-0.25, -0.2) is 0 Å². The predicted octanol–water partition coefficient (Wildman–Crippen LogP) is 1.48. The van der Waals surface area contributed by atoms with Crippen LogP contribution in [0.25, 0.3) is 0 Å². The van der Waals surface area contributed by atoms with Crippen molar-refractivity contribution in [2.45, 2.75) is 39.9 Å². The molecule has 0 bridgehead atoms. The average molecular weight is 200 g/mol. The van der Waals surface area contributed by atoms with E-state index >= 15 is 0 Å². The molecule has 0 amide bonds. The summed E-state index contributed by atoms with van der Waals surface area (Å²) in [6.07, 6.45) is -0.123. The van der Waals surface area contributed by atoms with Crippen molar-refractivity contribution in [2.75, 3.05) is 0 Å². The van der Waals surface area contributed by atoms with Crippen molar-refractivity contribution in [1.82, 2.24) is 0 Å². The third-order valence-electron chi connectivity index (χ3n) is 2.46. The first-order valence-electron chi connectivity index (χ1n) is 4.93. The van der Waals surface area contributed by atoms with Gasteiger partial charge in [0.1, 0.15) is 6.42 Å². The Morgan fingerprint density at radius 1 is 1.29 bits per heavy atom. The van der Waals surface area contributed by atoms with Crippen molar-refractivity contribution in [1.29, 1.82) is 0 Å².